The molecule has 0 spiro atoms. The number of carbonyl (C=O) groups excluding carboxylic acids is 1. The van der Waals surface area contributed by atoms with Crippen LogP contribution in [0.15, 0.2) is 6.33 Å². The molecule has 2 aliphatic rings. The van der Waals surface area contributed by atoms with Gasteiger partial charge in [-0.1, -0.05) is 0 Å². The van der Waals surface area contributed by atoms with Crippen LogP contribution < -0.4 is 10.6 Å². The van der Waals surface area contributed by atoms with Gasteiger partial charge < -0.3 is 9.53 Å². The number of ether oxygens (including phenoxy) is 1. The van der Waals surface area contributed by atoms with Crippen LogP contribution in [0.25, 0.3) is 10.2 Å². The highest BCUT2D eigenvalue weighted by Gasteiger charge is 2.31. The lowest BCUT2D eigenvalue weighted by Crippen LogP contribution is -2.41. The van der Waals surface area contributed by atoms with E-state index in [-0.39, 0.29) is 12.0 Å². The molecule has 2 aromatic heterocycles. The van der Waals surface area contributed by atoms with Crippen molar-refractivity contribution in [3.05, 3.63) is 16.8 Å². The van der Waals surface area contributed by atoms with Gasteiger partial charge in [-0.2, -0.15) is 0 Å². The first-order chi connectivity index (χ1) is 12.2. The number of aryl methyl sites for hydroxylation is 1. The van der Waals surface area contributed by atoms with Gasteiger partial charge in [0.05, 0.1) is 5.39 Å². The van der Waals surface area contributed by atoms with Gasteiger partial charge in [-0.15, -0.1) is 11.3 Å². The normalized spacial score (nSPS) is 26.1. The maximum atomic E-state index is 11.0. The summed E-state index contributed by atoms with van der Waals surface area (Å²) in [5, 5.41) is 2.86. The highest BCUT2D eigenvalue weighted by Crippen LogP contribution is 2.47. The third-order valence-corrected chi connectivity index (χ3v) is 6.75. The van der Waals surface area contributed by atoms with Crippen molar-refractivity contribution < 1.29 is 9.53 Å². The van der Waals surface area contributed by atoms with Crippen LogP contribution in [0.2, 0.25) is 0 Å². The molecule has 7 heteroatoms. The second-order valence-electron chi connectivity index (χ2n) is 7.15. The molecule has 0 amide bonds. The van der Waals surface area contributed by atoms with Crippen LogP contribution in [-0.2, 0) is 11.2 Å². The van der Waals surface area contributed by atoms with Gasteiger partial charge in [0.2, 0.25) is 5.88 Å². The summed E-state index contributed by atoms with van der Waals surface area (Å²) in [5.74, 6) is 6.86. The Morgan fingerprint density at radius 2 is 2.12 bits per heavy atom. The number of fused-ring (bicyclic) bond motifs is 3. The lowest BCUT2D eigenvalue weighted by atomic mass is 9.92. The highest BCUT2D eigenvalue weighted by molar-refractivity contribution is 7.19. The Morgan fingerprint density at radius 3 is 2.84 bits per heavy atom. The first-order valence-corrected chi connectivity index (χ1v) is 9.83. The molecule has 2 aliphatic carbocycles. The summed E-state index contributed by atoms with van der Waals surface area (Å²) < 4.78 is 6.31. The zero-order chi connectivity index (χ0) is 17.4. The fourth-order valence-electron chi connectivity index (χ4n) is 4.21. The van der Waals surface area contributed by atoms with Gasteiger partial charge in [0.1, 0.15) is 23.5 Å². The van der Waals surface area contributed by atoms with Crippen molar-refractivity contribution in [2.45, 2.75) is 63.0 Å². The third kappa shape index (κ3) is 3.16. The zero-order valence-electron chi connectivity index (χ0n) is 14.5. The molecule has 0 aliphatic heterocycles. The summed E-state index contributed by atoms with van der Waals surface area (Å²) in [5.41, 5.74) is 1.26. The largest absolute Gasteiger partial charge is 0.474 e. The molecule has 25 heavy (non-hydrogen) atoms. The standard InChI is InChI=1S/C18H24N4O2S/c1-22(19)12-3-5-13(6-4-12)24-17-16-15-11(8-9-23)2-7-14(15)25-18(16)21-10-20-17/h9-13H,2-8,19H2,1H3. The Balaban J connectivity index is 1.59. The van der Waals surface area contributed by atoms with E-state index < -0.39 is 0 Å². The highest BCUT2D eigenvalue weighted by atomic mass is 32.1. The van der Waals surface area contributed by atoms with Crippen molar-refractivity contribution in [1.82, 2.24) is 15.0 Å². The van der Waals surface area contributed by atoms with E-state index >= 15 is 0 Å². The van der Waals surface area contributed by atoms with E-state index in [1.54, 1.807) is 17.7 Å². The third-order valence-electron chi connectivity index (χ3n) is 5.57. The summed E-state index contributed by atoms with van der Waals surface area (Å²) in [4.78, 5) is 22.3. The lowest BCUT2D eigenvalue weighted by Gasteiger charge is -2.32. The van der Waals surface area contributed by atoms with Crippen LogP contribution in [-0.4, -0.2) is 40.5 Å². The van der Waals surface area contributed by atoms with E-state index in [1.807, 2.05) is 12.1 Å². The molecule has 1 atom stereocenters. The summed E-state index contributed by atoms with van der Waals surface area (Å²) in [6, 6.07) is 0.438. The lowest BCUT2D eigenvalue weighted by molar-refractivity contribution is -0.108. The average molecular weight is 360 g/mol. The molecule has 4 rings (SSSR count). The monoisotopic (exact) mass is 360 g/mol. The first-order valence-electron chi connectivity index (χ1n) is 9.01. The molecule has 2 N–H and O–H groups in total. The topological polar surface area (TPSA) is 81.3 Å². The van der Waals surface area contributed by atoms with E-state index in [0.29, 0.717) is 18.3 Å². The number of hydrogen-bond acceptors (Lipinski definition) is 7. The molecule has 0 bridgehead atoms. The van der Waals surface area contributed by atoms with Crippen molar-refractivity contribution >= 4 is 27.8 Å². The number of nitrogens with two attached hydrogens (primary N) is 1. The minimum atomic E-state index is 0.177. The van der Waals surface area contributed by atoms with Gasteiger partial charge >= 0.3 is 0 Å². The van der Waals surface area contributed by atoms with E-state index in [1.165, 1.54) is 10.4 Å². The molecule has 0 saturated heterocycles. The molecule has 0 radical (unpaired) electrons. The Morgan fingerprint density at radius 1 is 1.32 bits per heavy atom. The van der Waals surface area contributed by atoms with Crippen molar-refractivity contribution in [2.75, 3.05) is 7.05 Å². The summed E-state index contributed by atoms with van der Waals surface area (Å²) in [7, 11) is 1.93. The molecule has 6 nitrogen and oxygen atoms in total. The fourth-order valence-corrected chi connectivity index (χ4v) is 5.44. The second kappa shape index (κ2) is 6.97. The molecule has 1 saturated carbocycles. The van der Waals surface area contributed by atoms with Gasteiger partial charge in [0.15, 0.2) is 0 Å². The van der Waals surface area contributed by atoms with Crippen molar-refractivity contribution in [2.24, 2.45) is 5.84 Å². The molecular formula is C18H24N4O2S. The van der Waals surface area contributed by atoms with Crippen LogP contribution in [0.4, 0.5) is 0 Å². The van der Waals surface area contributed by atoms with Gasteiger partial charge in [-0.25, -0.2) is 15.0 Å². The van der Waals surface area contributed by atoms with Crippen LogP contribution in [0.1, 0.15) is 54.9 Å². The van der Waals surface area contributed by atoms with Crippen molar-refractivity contribution in [3.8, 4) is 5.88 Å². The quantitative estimate of drug-likeness (QED) is 0.502. The number of nitrogens with zero attached hydrogens (tertiary/aromatic N) is 3. The van der Waals surface area contributed by atoms with Crippen LogP contribution in [0.3, 0.4) is 0 Å². The van der Waals surface area contributed by atoms with Gasteiger partial charge in [0, 0.05) is 24.4 Å². The molecule has 2 aromatic rings. The zero-order valence-corrected chi connectivity index (χ0v) is 15.3. The maximum Gasteiger partial charge on any atom is 0.225 e. The SMILES string of the molecule is CN(N)C1CCC(Oc2ncnc3sc4c(c23)C(CC=O)CC4)CC1. The first kappa shape index (κ1) is 16.9. The van der Waals surface area contributed by atoms with Crippen LogP contribution >= 0.6 is 11.3 Å². The Labute approximate surface area is 151 Å². The van der Waals surface area contributed by atoms with E-state index in [0.717, 1.165) is 55.0 Å². The molecular weight excluding hydrogens is 336 g/mol. The van der Waals surface area contributed by atoms with E-state index in [2.05, 4.69) is 9.97 Å². The molecule has 134 valence electrons. The number of aldehydes is 1. The number of rotatable bonds is 5. The smallest absolute Gasteiger partial charge is 0.225 e. The molecule has 2 heterocycles. The summed E-state index contributed by atoms with van der Waals surface area (Å²) in [6.07, 6.45) is 9.50. The molecule has 1 unspecified atom stereocenters. The van der Waals surface area contributed by atoms with Crippen molar-refractivity contribution in [1.29, 1.82) is 0 Å². The second-order valence-corrected chi connectivity index (χ2v) is 8.23. The van der Waals surface area contributed by atoms with Gasteiger partial charge in [0.25, 0.3) is 0 Å². The summed E-state index contributed by atoms with van der Waals surface area (Å²) >= 11 is 1.73. The minimum Gasteiger partial charge on any atom is -0.474 e. The Bertz CT molecular complexity index is 768. The molecule has 1 fully saturated rings. The van der Waals surface area contributed by atoms with E-state index in [9.17, 15) is 4.79 Å². The van der Waals surface area contributed by atoms with Gasteiger partial charge in [-0.05, 0) is 50.0 Å². The fraction of sp³-hybridized carbons (Fsp3) is 0.611. The van der Waals surface area contributed by atoms with E-state index in [4.69, 9.17) is 10.6 Å². The minimum absolute atomic E-state index is 0.177. The Hall–Kier alpha value is -1.57. The number of hydrogen-bond donors (Lipinski definition) is 1. The number of aromatic nitrogens is 2. The number of carbonyl (C=O) groups is 1. The number of hydrazine groups is 1. The predicted molar refractivity (Wildman–Crippen MR) is 97.8 cm³/mol. The van der Waals surface area contributed by atoms with Crippen LogP contribution in [0.5, 0.6) is 5.88 Å². The average Bonchev–Trinajstić information content (AvgIpc) is 3.16. The summed E-state index contributed by atoms with van der Waals surface area (Å²) in [6.45, 7) is 0. The van der Waals surface area contributed by atoms with Gasteiger partial charge in [-0.3, -0.25) is 5.84 Å². The van der Waals surface area contributed by atoms with Crippen LogP contribution in [0, 0.1) is 0 Å². The number of thiophene rings is 1. The predicted octanol–water partition coefficient (Wildman–Crippen LogP) is 2.81. The Kier molecular flexibility index (Phi) is 4.71. The molecule has 0 aromatic carbocycles. The van der Waals surface area contributed by atoms with Crippen molar-refractivity contribution in [3.63, 3.8) is 0 Å². The maximum absolute atomic E-state index is 11.0.